The van der Waals surface area contributed by atoms with Crippen LogP contribution in [0.1, 0.15) is 23.1 Å². The summed E-state index contributed by atoms with van der Waals surface area (Å²) in [7, 11) is 0. The number of ether oxygens (including phenoxy) is 2. The number of hydrogen-bond donors (Lipinski definition) is 3. The van der Waals surface area contributed by atoms with E-state index in [1.54, 1.807) is 36.4 Å². The van der Waals surface area contributed by atoms with E-state index in [1.807, 2.05) is 30.3 Å². The summed E-state index contributed by atoms with van der Waals surface area (Å²) < 4.78 is 11.9. The summed E-state index contributed by atoms with van der Waals surface area (Å²) >= 11 is 0. The molecule has 0 aliphatic rings. The minimum Gasteiger partial charge on any atom is -0.508 e. The lowest BCUT2D eigenvalue weighted by Gasteiger charge is -2.15. The van der Waals surface area contributed by atoms with Crippen molar-refractivity contribution in [1.82, 2.24) is 0 Å². The zero-order valence-electron chi connectivity index (χ0n) is 18.7. The summed E-state index contributed by atoms with van der Waals surface area (Å²) in [5.74, 6) is 1.81. The summed E-state index contributed by atoms with van der Waals surface area (Å²) in [6, 6.07) is 18.9. The molecule has 0 radical (unpaired) electrons. The Morgan fingerprint density at radius 3 is 2.33 bits per heavy atom. The van der Waals surface area contributed by atoms with E-state index in [0.717, 1.165) is 40.2 Å². The first kappa shape index (κ1) is 23.7. The van der Waals surface area contributed by atoms with E-state index in [2.05, 4.69) is 19.2 Å². The molecule has 0 bridgehead atoms. The van der Waals surface area contributed by atoms with Crippen LogP contribution in [0.5, 0.6) is 17.2 Å². The highest BCUT2D eigenvalue weighted by atomic mass is 16.5. The lowest BCUT2D eigenvalue weighted by atomic mass is 9.97. The molecule has 0 aliphatic carbocycles. The molecule has 0 spiro atoms. The summed E-state index contributed by atoms with van der Waals surface area (Å²) in [6.45, 7) is 8.61. The Bertz CT molecular complexity index is 1120. The average molecular weight is 443 g/mol. The van der Waals surface area contributed by atoms with Crippen molar-refractivity contribution in [3.63, 3.8) is 0 Å². The van der Waals surface area contributed by atoms with Crippen LogP contribution < -0.4 is 15.2 Å². The van der Waals surface area contributed by atoms with E-state index >= 15 is 0 Å². The fraction of sp³-hybridized carbons (Fsp3) is 0.179. The maximum atomic E-state index is 10.1. The number of hydrogen-bond acceptors (Lipinski definition) is 4. The zero-order valence-corrected chi connectivity index (χ0v) is 18.7. The molecule has 0 heterocycles. The first-order valence-electron chi connectivity index (χ1n) is 10.9. The number of nitrogens with two attached hydrogens (primary N) is 1. The van der Waals surface area contributed by atoms with Gasteiger partial charge in [-0.3, -0.25) is 5.41 Å². The van der Waals surface area contributed by atoms with E-state index < -0.39 is 0 Å². The second-order valence-electron chi connectivity index (χ2n) is 7.65. The lowest BCUT2D eigenvalue weighted by molar-refractivity contribution is 0.248. The third kappa shape index (κ3) is 6.50. The molecule has 33 heavy (non-hydrogen) atoms. The van der Waals surface area contributed by atoms with Crippen molar-refractivity contribution in [2.75, 3.05) is 13.2 Å². The van der Waals surface area contributed by atoms with Crippen LogP contribution in [0.4, 0.5) is 0 Å². The number of phenolic OH excluding ortho intramolecular Hbond substituents is 1. The fourth-order valence-corrected chi connectivity index (χ4v) is 3.46. The van der Waals surface area contributed by atoms with Gasteiger partial charge in [0, 0.05) is 17.5 Å². The molecule has 0 amide bonds. The Kier molecular flexibility index (Phi) is 8.30. The smallest absolute Gasteiger partial charge is 0.127 e. The van der Waals surface area contributed by atoms with Crippen LogP contribution in [-0.2, 0) is 12.8 Å². The van der Waals surface area contributed by atoms with E-state index in [4.69, 9.17) is 20.6 Å². The standard InChI is InChI=1S/C28H30N2O3/c1-3-6-20-8-15-27(25(18-20)22-11-14-26(31)23(19-22)7-4-2)33-17-5-16-32-24-12-9-21(10-13-24)28(29)30/h3-4,8-15,18-19,31H,1-2,5-7,16-17H2,(H3,29,30). The number of aromatic hydroxyl groups is 1. The molecule has 0 fully saturated rings. The largest absolute Gasteiger partial charge is 0.508 e. The highest BCUT2D eigenvalue weighted by Crippen LogP contribution is 2.34. The SMILES string of the molecule is C=CCc1ccc(OCCCOc2ccc(C(=N)N)cc2)c(-c2ccc(O)c(CC=C)c2)c1. The van der Waals surface area contributed by atoms with Gasteiger partial charge < -0.3 is 20.3 Å². The number of nitrogen functional groups attached to an aromatic ring is 1. The average Bonchev–Trinajstić information content (AvgIpc) is 2.81. The zero-order chi connectivity index (χ0) is 23.6. The normalized spacial score (nSPS) is 10.4. The van der Waals surface area contributed by atoms with Gasteiger partial charge in [0.2, 0.25) is 0 Å². The number of nitrogens with one attached hydrogen (secondary N) is 1. The fourth-order valence-electron chi connectivity index (χ4n) is 3.46. The molecule has 0 saturated heterocycles. The Hall–Kier alpha value is -3.99. The third-order valence-electron chi connectivity index (χ3n) is 5.16. The van der Waals surface area contributed by atoms with Crippen molar-refractivity contribution >= 4 is 5.84 Å². The van der Waals surface area contributed by atoms with E-state index in [0.29, 0.717) is 31.6 Å². The van der Waals surface area contributed by atoms with Gasteiger partial charge in [-0.25, -0.2) is 0 Å². The molecular formula is C28H30N2O3. The van der Waals surface area contributed by atoms with Crippen molar-refractivity contribution in [1.29, 1.82) is 5.41 Å². The Morgan fingerprint density at radius 1 is 0.909 bits per heavy atom. The molecule has 0 atom stereocenters. The molecule has 0 unspecified atom stereocenters. The maximum Gasteiger partial charge on any atom is 0.127 e. The topological polar surface area (TPSA) is 88.6 Å². The number of rotatable bonds is 12. The number of phenols is 1. The second-order valence-corrected chi connectivity index (χ2v) is 7.65. The van der Waals surface area contributed by atoms with Gasteiger partial charge in [0.05, 0.1) is 13.2 Å². The Morgan fingerprint density at radius 2 is 1.64 bits per heavy atom. The van der Waals surface area contributed by atoms with Crippen molar-refractivity contribution in [3.8, 4) is 28.4 Å². The molecule has 5 nitrogen and oxygen atoms in total. The third-order valence-corrected chi connectivity index (χ3v) is 5.16. The van der Waals surface area contributed by atoms with Crippen LogP contribution >= 0.6 is 0 Å². The number of benzene rings is 3. The van der Waals surface area contributed by atoms with Crippen molar-refractivity contribution in [3.05, 3.63) is 103 Å². The van der Waals surface area contributed by atoms with Crippen molar-refractivity contribution in [2.24, 2.45) is 5.73 Å². The summed E-state index contributed by atoms with van der Waals surface area (Å²) in [5, 5.41) is 17.6. The maximum absolute atomic E-state index is 10.1. The predicted molar refractivity (Wildman–Crippen MR) is 134 cm³/mol. The van der Waals surface area contributed by atoms with Gasteiger partial charge in [-0.05, 0) is 78.1 Å². The van der Waals surface area contributed by atoms with E-state index in [9.17, 15) is 5.11 Å². The molecule has 170 valence electrons. The van der Waals surface area contributed by atoms with Crippen LogP contribution in [0.15, 0.2) is 86.0 Å². The summed E-state index contributed by atoms with van der Waals surface area (Å²) in [4.78, 5) is 0. The van der Waals surface area contributed by atoms with Crippen LogP contribution in [0.2, 0.25) is 0 Å². The van der Waals surface area contributed by atoms with Gasteiger partial charge in [-0.2, -0.15) is 0 Å². The first-order chi connectivity index (χ1) is 16.0. The number of allylic oxidation sites excluding steroid dienone is 2. The summed E-state index contributed by atoms with van der Waals surface area (Å²) in [5.41, 5.74) is 10.1. The quantitative estimate of drug-likeness (QED) is 0.146. The molecule has 3 aromatic carbocycles. The van der Waals surface area contributed by atoms with Gasteiger partial charge in [-0.1, -0.05) is 24.3 Å². The van der Waals surface area contributed by atoms with Gasteiger partial charge in [0.15, 0.2) is 0 Å². The molecular weight excluding hydrogens is 412 g/mol. The minimum absolute atomic E-state index is 0.0371. The predicted octanol–water partition coefficient (Wildman–Crippen LogP) is 5.65. The molecule has 0 saturated carbocycles. The molecule has 0 aromatic heterocycles. The lowest BCUT2D eigenvalue weighted by Crippen LogP contribution is -2.10. The van der Waals surface area contributed by atoms with Crippen molar-refractivity contribution < 1.29 is 14.6 Å². The second kappa shape index (κ2) is 11.6. The van der Waals surface area contributed by atoms with E-state index in [-0.39, 0.29) is 11.6 Å². The highest BCUT2D eigenvalue weighted by molar-refractivity contribution is 5.94. The van der Waals surface area contributed by atoms with Gasteiger partial charge in [0.25, 0.3) is 0 Å². The van der Waals surface area contributed by atoms with E-state index in [1.165, 1.54) is 0 Å². The molecule has 3 aromatic rings. The minimum atomic E-state index is 0.0371. The molecule has 0 aliphatic heterocycles. The van der Waals surface area contributed by atoms with Crippen molar-refractivity contribution in [2.45, 2.75) is 19.3 Å². The van der Waals surface area contributed by atoms with Gasteiger partial charge in [-0.15, -0.1) is 13.2 Å². The van der Waals surface area contributed by atoms with Crippen LogP contribution in [0, 0.1) is 5.41 Å². The van der Waals surface area contributed by atoms with Crippen LogP contribution in [0.3, 0.4) is 0 Å². The monoisotopic (exact) mass is 442 g/mol. The number of amidine groups is 1. The first-order valence-corrected chi connectivity index (χ1v) is 10.9. The molecule has 5 heteroatoms. The Balaban J connectivity index is 1.67. The van der Waals surface area contributed by atoms with Gasteiger partial charge >= 0.3 is 0 Å². The molecule has 4 N–H and O–H groups in total. The highest BCUT2D eigenvalue weighted by Gasteiger charge is 2.11. The van der Waals surface area contributed by atoms with Gasteiger partial charge in [0.1, 0.15) is 23.1 Å². The molecule has 3 rings (SSSR count). The Labute approximate surface area is 195 Å². The van der Waals surface area contributed by atoms with Crippen LogP contribution in [0.25, 0.3) is 11.1 Å². The summed E-state index contributed by atoms with van der Waals surface area (Å²) in [6.07, 6.45) is 5.71. The van der Waals surface area contributed by atoms with Crippen LogP contribution in [-0.4, -0.2) is 24.2 Å².